The van der Waals surface area contributed by atoms with E-state index in [1.54, 1.807) is 12.3 Å². The van der Waals surface area contributed by atoms with Crippen molar-refractivity contribution in [3.8, 4) is 11.5 Å². The number of aromatic amines is 1. The minimum atomic E-state index is -0.183. The molecule has 2 N–H and O–H groups in total. The van der Waals surface area contributed by atoms with Crippen LogP contribution in [-0.4, -0.2) is 46.2 Å². The fraction of sp³-hybridized carbons (Fsp3) is 0.462. The molecule has 2 aromatic rings. The number of pyridine rings is 1. The molecule has 1 unspecified atom stereocenters. The van der Waals surface area contributed by atoms with Crippen molar-refractivity contribution in [1.29, 1.82) is 0 Å². The first-order valence-electron chi connectivity index (χ1n) is 6.71. The van der Waals surface area contributed by atoms with Gasteiger partial charge in [-0.2, -0.15) is 4.98 Å². The van der Waals surface area contributed by atoms with Gasteiger partial charge in [0.2, 0.25) is 5.56 Å². The van der Waals surface area contributed by atoms with Crippen LogP contribution in [0.4, 0.5) is 0 Å². The van der Waals surface area contributed by atoms with Crippen molar-refractivity contribution >= 4 is 0 Å². The summed E-state index contributed by atoms with van der Waals surface area (Å²) in [5, 5.41) is 7.35. The first-order valence-corrected chi connectivity index (χ1v) is 6.71. The fourth-order valence-corrected chi connectivity index (χ4v) is 2.33. The molecule has 0 radical (unpaired) electrons. The Morgan fingerprint density at radius 2 is 2.20 bits per heavy atom. The summed E-state index contributed by atoms with van der Waals surface area (Å²) in [5.74, 6) is 1.04. The van der Waals surface area contributed by atoms with E-state index in [9.17, 15) is 4.79 Å². The third-order valence-corrected chi connectivity index (χ3v) is 3.54. The summed E-state index contributed by atoms with van der Waals surface area (Å²) in [4.78, 5) is 20.6. The van der Waals surface area contributed by atoms with E-state index in [0.717, 1.165) is 26.2 Å². The molecule has 20 heavy (non-hydrogen) atoms. The Labute approximate surface area is 116 Å². The molecule has 3 rings (SSSR count). The molecule has 7 heteroatoms. The summed E-state index contributed by atoms with van der Waals surface area (Å²) in [7, 11) is 0. The Balaban J connectivity index is 1.81. The molecule has 0 aromatic carbocycles. The predicted octanol–water partition coefficient (Wildman–Crippen LogP) is 0.391. The maximum atomic E-state index is 11.3. The highest BCUT2D eigenvalue weighted by atomic mass is 16.5. The molecule has 1 fully saturated rings. The zero-order valence-electron chi connectivity index (χ0n) is 11.3. The van der Waals surface area contributed by atoms with E-state index in [-0.39, 0.29) is 11.6 Å². The molecular formula is C13H17N5O2. The molecule has 0 saturated carbocycles. The van der Waals surface area contributed by atoms with E-state index in [1.165, 1.54) is 6.07 Å². The first kappa shape index (κ1) is 13.0. The van der Waals surface area contributed by atoms with E-state index < -0.39 is 0 Å². The molecule has 1 saturated heterocycles. The van der Waals surface area contributed by atoms with Crippen molar-refractivity contribution in [3.05, 3.63) is 34.5 Å². The van der Waals surface area contributed by atoms with Crippen LogP contribution in [0.25, 0.3) is 11.5 Å². The Morgan fingerprint density at radius 1 is 1.40 bits per heavy atom. The smallest absolute Gasteiger partial charge is 0.258 e. The minimum Gasteiger partial charge on any atom is -0.334 e. The van der Waals surface area contributed by atoms with E-state index in [4.69, 9.17) is 4.52 Å². The number of aromatic nitrogens is 3. The van der Waals surface area contributed by atoms with Gasteiger partial charge in [0.1, 0.15) is 0 Å². The van der Waals surface area contributed by atoms with Crippen LogP contribution in [0.3, 0.4) is 0 Å². The highest BCUT2D eigenvalue weighted by Crippen LogP contribution is 2.21. The molecule has 106 valence electrons. The van der Waals surface area contributed by atoms with Gasteiger partial charge >= 0.3 is 0 Å². The molecule has 2 aromatic heterocycles. The van der Waals surface area contributed by atoms with Gasteiger partial charge in [0.25, 0.3) is 5.89 Å². The topological polar surface area (TPSA) is 87.0 Å². The SMILES string of the molecule is CC(c1noc(-c2cc[nH]c(=O)c2)n1)N1CCNCC1. The lowest BCUT2D eigenvalue weighted by Gasteiger charge is -2.30. The van der Waals surface area contributed by atoms with Crippen LogP contribution in [0.2, 0.25) is 0 Å². The summed E-state index contributed by atoms with van der Waals surface area (Å²) >= 11 is 0. The monoisotopic (exact) mass is 275 g/mol. The highest BCUT2D eigenvalue weighted by molar-refractivity contribution is 5.51. The number of rotatable bonds is 3. The van der Waals surface area contributed by atoms with Crippen LogP contribution in [0.15, 0.2) is 27.6 Å². The molecule has 0 aliphatic carbocycles. The van der Waals surface area contributed by atoms with Crippen molar-refractivity contribution in [1.82, 2.24) is 25.3 Å². The quantitative estimate of drug-likeness (QED) is 0.842. The fourth-order valence-electron chi connectivity index (χ4n) is 2.33. The zero-order chi connectivity index (χ0) is 13.9. The summed E-state index contributed by atoms with van der Waals surface area (Å²) in [6, 6.07) is 3.30. The summed E-state index contributed by atoms with van der Waals surface area (Å²) in [5.41, 5.74) is 0.456. The zero-order valence-corrected chi connectivity index (χ0v) is 11.3. The standard InChI is InChI=1S/C13H17N5O2/c1-9(18-6-4-14-5-7-18)12-16-13(20-17-12)10-2-3-15-11(19)8-10/h2-3,8-9,14H,4-7H2,1H3,(H,15,19). The van der Waals surface area contributed by atoms with Gasteiger partial charge in [0.15, 0.2) is 5.82 Å². The molecule has 0 bridgehead atoms. The molecule has 3 heterocycles. The molecule has 1 aliphatic heterocycles. The van der Waals surface area contributed by atoms with Crippen LogP contribution >= 0.6 is 0 Å². The Hall–Kier alpha value is -1.99. The average molecular weight is 275 g/mol. The second kappa shape index (κ2) is 5.56. The molecule has 0 spiro atoms. The van der Waals surface area contributed by atoms with Crippen molar-refractivity contribution in [2.75, 3.05) is 26.2 Å². The second-order valence-electron chi connectivity index (χ2n) is 4.86. The Morgan fingerprint density at radius 3 is 2.95 bits per heavy atom. The predicted molar refractivity (Wildman–Crippen MR) is 73.2 cm³/mol. The second-order valence-corrected chi connectivity index (χ2v) is 4.86. The number of H-pyrrole nitrogens is 1. The van der Waals surface area contributed by atoms with Crippen LogP contribution < -0.4 is 10.9 Å². The number of hydrogen-bond acceptors (Lipinski definition) is 6. The van der Waals surface area contributed by atoms with Crippen LogP contribution in [0.1, 0.15) is 18.8 Å². The summed E-state index contributed by atoms with van der Waals surface area (Å²) < 4.78 is 5.26. The number of nitrogens with zero attached hydrogens (tertiary/aromatic N) is 3. The lowest BCUT2D eigenvalue weighted by molar-refractivity contribution is 0.176. The lowest BCUT2D eigenvalue weighted by Crippen LogP contribution is -2.44. The van der Waals surface area contributed by atoms with Crippen LogP contribution in [0, 0.1) is 0 Å². The maximum Gasteiger partial charge on any atom is 0.258 e. The Kier molecular flexibility index (Phi) is 3.62. The van der Waals surface area contributed by atoms with Crippen LogP contribution in [-0.2, 0) is 0 Å². The highest BCUT2D eigenvalue weighted by Gasteiger charge is 2.22. The largest absolute Gasteiger partial charge is 0.334 e. The summed E-state index contributed by atoms with van der Waals surface area (Å²) in [6.07, 6.45) is 1.57. The van der Waals surface area contributed by atoms with Gasteiger partial charge in [0, 0.05) is 44.0 Å². The number of nitrogens with one attached hydrogen (secondary N) is 2. The third-order valence-electron chi connectivity index (χ3n) is 3.54. The molecular weight excluding hydrogens is 258 g/mol. The van der Waals surface area contributed by atoms with Crippen molar-refractivity contribution in [2.24, 2.45) is 0 Å². The number of piperazine rings is 1. The van der Waals surface area contributed by atoms with E-state index in [1.807, 2.05) is 0 Å². The minimum absolute atomic E-state index is 0.108. The van der Waals surface area contributed by atoms with Gasteiger partial charge < -0.3 is 14.8 Å². The van der Waals surface area contributed by atoms with Gasteiger partial charge in [-0.15, -0.1) is 0 Å². The van der Waals surface area contributed by atoms with Crippen molar-refractivity contribution < 1.29 is 4.52 Å². The molecule has 0 amide bonds. The first-order chi connectivity index (χ1) is 9.74. The van der Waals surface area contributed by atoms with Crippen molar-refractivity contribution in [2.45, 2.75) is 13.0 Å². The van der Waals surface area contributed by atoms with Gasteiger partial charge in [-0.25, -0.2) is 0 Å². The normalized spacial score (nSPS) is 18.1. The van der Waals surface area contributed by atoms with Gasteiger partial charge in [-0.3, -0.25) is 9.69 Å². The third kappa shape index (κ3) is 2.63. The average Bonchev–Trinajstić information content (AvgIpc) is 2.97. The summed E-state index contributed by atoms with van der Waals surface area (Å²) in [6.45, 7) is 5.95. The van der Waals surface area contributed by atoms with Crippen LogP contribution in [0.5, 0.6) is 0 Å². The molecule has 1 aliphatic rings. The van der Waals surface area contributed by atoms with Crippen molar-refractivity contribution in [3.63, 3.8) is 0 Å². The van der Waals surface area contributed by atoms with Gasteiger partial charge in [0.05, 0.1) is 6.04 Å². The van der Waals surface area contributed by atoms with E-state index >= 15 is 0 Å². The lowest BCUT2D eigenvalue weighted by atomic mass is 10.2. The van der Waals surface area contributed by atoms with Gasteiger partial charge in [-0.1, -0.05) is 5.16 Å². The van der Waals surface area contributed by atoms with Gasteiger partial charge in [-0.05, 0) is 13.0 Å². The van der Waals surface area contributed by atoms with E-state index in [2.05, 4.69) is 32.3 Å². The van der Waals surface area contributed by atoms with E-state index in [0.29, 0.717) is 17.3 Å². The molecule has 1 atom stereocenters. The number of hydrogen-bond donors (Lipinski definition) is 2. The maximum absolute atomic E-state index is 11.3. The Bertz CT molecular complexity index is 629. The molecule has 7 nitrogen and oxygen atoms in total.